The van der Waals surface area contributed by atoms with Crippen LogP contribution in [0.25, 0.3) is 72.0 Å². The Morgan fingerprint density at radius 2 is 0.792 bits per heavy atom. The van der Waals surface area contributed by atoms with Crippen LogP contribution in [0, 0.1) is 0 Å². The molecule has 0 fully saturated rings. The van der Waals surface area contributed by atoms with Crippen LogP contribution in [-0.2, 0) is 10.8 Å². The summed E-state index contributed by atoms with van der Waals surface area (Å²) >= 11 is 0. The van der Waals surface area contributed by atoms with Gasteiger partial charge >= 0.3 is 0 Å². The number of aromatic nitrogens is 1. The number of rotatable bonds is 7. The molecule has 12 aromatic rings. The maximum absolute atomic E-state index is 2.55. The van der Waals surface area contributed by atoms with Crippen molar-refractivity contribution >= 4 is 38.9 Å². The van der Waals surface area contributed by atoms with Crippen molar-refractivity contribution in [3.05, 3.63) is 300 Å². The highest BCUT2D eigenvalue weighted by Gasteiger charge is 2.53. The van der Waals surface area contributed by atoms with Gasteiger partial charge in [-0.1, -0.05) is 232 Å². The van der Waals surface area contributed by atoms with Crippen LogP contribution in [0.2, 0.25) is 0 Å². The second-order valence-electron chi connectivity index (χ2n) is 19.9. The van der Waals surface area contributed by atoms with Crippen LogP contribution in [-0.4, -0.2) is 4.57 Å². The monoisotopic (exact) mass is 918 g/mol. The maximum Gasteiger partial charge on any atom is 0.0719 e. The predicted octanol–water partition coefficient (Wildman–Crippen LogP) is 18.3. The zero-order valence-corrected chi connectivity index (χ0v) is 40.3. The van der Waals surface area contributed by atoms with Gasteiger partial charge in [0.15, 0.2) is 0 Å². The summed E-state index contributed by atoms with van der Waals surface area (Å²) in [6.45, 7) is 4.79. The van der Waals surface area contributed by atoms with Gasteiger partial charge in [-0.25, -0.2) is 0 Å². The summed E-state index contributed by atoms with van der Waals surface area (Å²) in [6, 6.07) is 99.1. The number of para-hydroxylation sites is 3. The number of fused-ring (bicyclic) bond motifs is 12. The Morgan fingerprint density at radius 1 is 0.319 bits per heavy atom. The first-order chi connectivity index (χ1) is 35.5. The summed E-state index contributed by atoms with van der Waals surface area (Å²) in [5, 5.41) is 2.40. The third kappa shape index (κ3) is 6.02. The van der Waals surface area contributed by atoms with Crippen LogP contribution in [0.4, 0.5) is 17.1 Å². The van der Waals surface area contributed by atoms with Crippen LogP contribution in [0.15, 0.2) is 267 Å². The zero-order valence-electron chi connectivity index (χ0n) is 40.3. The zero-order chi connectivity index (χ0) is 48.0. The molecule has 0 amide bonds. The van der Waals surface area contributed by atoms with Gasteiger partial charge in [0.05, 0.1) is 27.8 Å². The fourth-order valence-electron chi connectivity index (χ4n) is 12.9. The van der Waals surface area contributed by atoms with E-state index in [1.807, 2.05) is 0 Å². The summed E-state index contributed by atoms with van der Waals surface area (Å²) in [5.41, 5.74) is 23.9. The lowest BCUT2D eigenvalue weighted by Gasteiger charge is -2.46. The smallest absolute Gasteiger partial charge is 0.0719 e. The van der Waals surface area contributed by atoms with Crippen LogP contribution in [0.3, 0.4) is 0 Å². The van der Waals surface area contributed by atoms with Crippen LogP contribution >= 0.6 is 0 Å². The molecule has 1 aromatic heterocycles. The molecule has 0 unspecified atom stereocenters. The van der Waals surface area contributed by atoms with E-state index in [0.717, 1.165) is 33.8 Å². The van der Waals surface area contributed by atoms with Crippen LogP contribution in [0.5, 0.6) is 0 Å². The van der Waals surface area contributed by atoms with Gasteiger partial charge in [-0.05, 0) is 121 Å². The van der Waals surface area contributed by atoms with Gasteiger partial charge in [0.2, 0.25) is 0 Å². The van der Waals surface area contributed by atoms with Gasteiger partial charge in [-0.15, -0.1) is 0 Å². The molecule has 2 aliphatic rings. The maximum atomic E-state index is 2.55. The van der Waals surface area contributed by atoms with Crippen molar-refractivity contribution in [3.63, 3.8) is 0 Å². The molecule has 2 nitrogen and oxygen atoms in total. The Balaban J connectivity index is 1.06. The molecule has 2 heteroatoms. The lowest BCUT2D eigenvalue weighted by atomic mass is 9.55. The highest BCUT2D eigenvalue weighted by atomic mass is 15.2. The first-order valence-corrected chi connectivity index (χ1v) is 25.2. The molecule has 1 heterocycles. The van der Waals surface area contributed by atoms with Gasteiger partial charge < -0.3 is 9.47 Å². The van der Waals surface area contributed by atoms with E-state index in [0.29, 0.717) is 0 Å². The van der Waals surface area contributed by atoms with E-state index in [1.165, 1.54) is 88.6 Å². The van der Waals surface area contributed by atoms with Crippen molar-refractivity contribution in [2.24, 2.45) is 0 Å². The number of hydrogen-bond donors (Lipinski definition) is 0. The third-order valence-corrected chi connectivity index (χ3v) is 15.9. The minimum atomic E-state index is -0.496. The summed E-state index contributed by atoms with van der Waals surface area (Å²) in [5.74, 6) is 0. The van der Waals surface area contributed by atoms with Gasteiger partial charge in [-0.3, -0.25) is 0 Å². The van der Waals surface area contributed by atoms with Crippen molar-refractivity contribution in [2.45, 2.75) is 24.7 Å². The molecule has 0 radical (unpaired) electrons. The molecule has 11 aromatic carbocycles. The van der Waals surface area contributed by atoms with E-state index < -0.39 is 5.41 Å². The first kappa shape index (κ1) is 41.9. The molecule has 14 rings (SSSR count). The molecule has 0 atom stereocenters. The van der Waals surface area contributed by atoms with E-state index in [1.54, 1.807) is 0 Å². The number of benzene rings is 11. The Kier molecular flexibility index (Phi) is 9.50. The van der Waals surface area contributed by atoms with Crippen LogP contribution < -0.4 is 4.90 Å². The van der Waals surface area contributed by atoms with Crippen molar-refractivity contribution in [3.8, 4) is 50.2 Å². The molecule has 0 bridgehead atoms. The van der Waals surface area contributed by atoms with Crippen molar-refractivity contribution in [2.75, 3.05) is 4.90 Å². The predicted molar refractivity (Wildman–Crippen MR) is 301 cm³/mol. The van der Waals surface area contributed by atoms with Crippen molar-refractivity contribution in [1.82, 2.24) is 4.57 Å². The lowest BCUT2D eigenvalue weighted by Crippen LogP contribution is -2.40. The molecule has 0 aliphatic heterocycles. The quantitative estimate of drug-likeness (QED) is 0.155. The Bertz CT molecular complexity index is 4030. The summed E-state index contributed by atoms with van der Waals surface area (Å²) in [7, 11) is 0. The second-order valence-corrected chi connectivity index (χ2v) is 19.9. The van der Waals surface area contributed by atoms with Gasteiger partial charge in [-0.2, -0.15) is 0 Å². The molecular formula is C70H50N2. The molecule has 2 aliphatic carbocycles. The van der Waals surface area contributed by atoms with E-state index in [4.69, 9.17) is 0 Å². The topological polar surface area (TPSA) is 8.17 Å². The molecule has 340 valence electrons. The largest absolute Gasteiger partial charge is 0.309 e. The SMILES string of the molecule is CC1(C)c2ccccc2C2(c3ccccc3-c3cc(N(c4ccccc4-c4ccccc4-c4ccccc4-c4ccccc4)c4cccc5c4c4ccccc4n5-c4ccccc4)ccc32)c2ccccc21. The Labute approximate surface area is 421 Å². The Hall–Kier alpha value is -8.98. The molecule has 72 heavy (non-hydrogen) atoms. The fourth-order valence-corrected chi connectivity index (χ4v) is 12.9. The number of hydrogen-bond acceptors (Lipinski definition) is 1. The standard InChI is InChI=1S/C70H50N2/c1-69(2)60-36-17-19-38-62(60)70(63-39-20-18-37-61(63)69)58-35-16-13-32-54(58)57-46-49(44-45-59(57)70)72(67-43-23-42-66-68(67)56-34-15-22-41-65(56)71(66)48-26-7-4-8-27-48)64-40-21-14-33-55(64)53-31-12-11-30-52(53)51-29-10-9-28-50(51)47-24-5-3-6-25-47/h3-46H,1-2H3. The summed E-state index contributed by atoms with van der Waals surface area (Å²) < 4.78 is 2.43. The van der Waals surface area contributed by atoms with Crippen molar-refractivity contribution in [1.29, 1.82) is 0 Å². The Morgan fingerprint density at radius 3 is 1.49 bits per heavy atom. The van der Waals surface area contributed by atoms with E-state index >= 15 is 0 Å². The summed E-state index contributed by atoms with van der Waals surface area (Å²) in [6.07, 6.45) is 0. The molecular weight excluding hydrogens is 869 g/mol. The summed E-state index contributed by atoms with van der Waals surface area (Å²) in [4.78, 5) is 2.55. The highest BCUT2D eigenvalue weighted by molar-refractivity contribution is 6.17. The normalized spacial score (nSPS) is 13.6. The van der Waals surface area contributed by atoms with Crippen molar-refractivity contribution < 1.29 is 0 Å². The highest BCUT2D eigenvalue weighted by Crippen LogP contribution is 2.63. The minimum absolute atomic E-state index is 0.175. The average Bonchev–Trinajstić information content (AvgIpc) is 3.94. The number of nitrogens with zero attached hydrogens (tertiary/aromatic N) is 2. The molecule has 1 spiro atoms. The second kappa shape index (κ2) is 16.3. The molecule has 0 N–H and O–H groups in total. The number of anilines is 3. The third-order valence-electron chi connectivity index (χ3n) is 15.9. The molecule has 0 saturated carbocycles. The lowest BCUT2D eigenvalue weighted by molar-refractivity contribution is 0.563. The van der Waals surface area contributed by atoms with E-state index in [9.17, 15) is 0 Å². The van der Waals surface area contributed by atoms with Gasteiger partial charge in [0, 0.05) is 33.1 Å². The van der Waals surface area contributed by atoms with Gasteiger partial charge in [0.25, 0.3) is 0 Å². The fraction of sp³-hybridized carbons (Fsp3) is 0.0571. The molecule has 0 saturated heterocycles. The minimum Gasteiger partial charge on any atom is -0.309 e. The van der Waals surface area contributed by atoms with Gasteiger partial charge in [0.1, 0.15) is 0 Å². The van der Waals surface area contributed by atoms with E-state index in [2.05, 4.69) is 290 Å². The van der Waals surface area contributed by atoms with Crippen LogP contribution in [0.1, 0.15) is 47.2 Å². The average molecular weight is 919 g/mol. The first-order valence-electron chi connectivity index (χ1n) is 25.2. The van der Waals surface area contributed by atoms with E-state index in [-0.39, 0.29) is 5.41 Å².